The number of halogens is 1. The van der Waals surface area contributed by atoms with E-state index < -0.39 is 12.2 Å². The van der Waals surface area contributed by atoms with Gasteiger partial charge in [0.2, 0.25) is 5.91 Å². The number of nitrogens with zero attached hydrogens (tertiary/aromatic N) is 1. The van der Waals surface area contributed by atoms with Gasteiger partial charge in [-0.25, -0.2) is 4.79 Å². The average molecular weight is 417 g/mol. The van der Waals surface area contributed by atoms with Gasteiger partial charge in [0.1, 0.15) is 5.75 Å². The van der Waals surface area contributed by atoms with Crippen molar-refractivity contribution in [1.82, 2.24) is 0 Å². The molecular formula is C22H25ClN2O4. The molecule has 154 valence electrons. The molecule has 0 fully saturated rings. The van der Waals surface area contributed by atoms with Crippen LogP contribution in [0.25, 0.3) is 0 Å². The van der Waals surface area contributed by atoms with Crippen molar-refractivity contribution in [2.75, 3.05) is 18.6 Å². The largest absolute Gasteiger partial charge is 0.513 e. The molecule has 0 saturated heterocycles. The van der Waals surface area contributed by atoms with Gasteiger partial charge in [0.05, 0.1) is 13.2 Å². The van der Waals surface area contributed by atoms with Crippen LogP contribution in [0.5, 0.6) is 5.75 Å². The van der Waals surface area contributed by atoms with Gasteiger partial charge in [0.25, 0.3) is 0 Å². The number of carbonyl (C=O) groups is 2. The van der Waals surface area contributed by atoms with Gasteiger partial charge in [-0.1, -0.05) is 36.7 Å². The van der Waals surface area contributed by atoms with Crippen molar-refractivity contribution in [1.29, 1.82) is 0 Å². The van der Waals surface area contributed by atoms with E-state index in [9.17, 15) is 9.59 Å². The number of hydrogen-bond donors (Lipinski definition) is 1. The third-order valence-electron chi connectivity index (χ3n) is 5.11. The van der Waals surface area contributed by atoms with Gasteiger partial charge in [0, 0.05) is 17.3 Å². The number of aryl methyl sites for hydroxylation is 1. The van der Waals surface area contributed by atoms with Crippen molar-refractivity contribution in [3.63, 3.8) is 0 Å². The van der Waals surface area contributed by atoms with E-state index in [-0.39, 0.29) is 18.1 Å². The standard InChI is InChI=1S/C22H25ClN2O4/c1-13-8-15-6-4-5-7-20(15)25(12-13)21(26)19(24)11-17-14(2)9-16(10-18(17)23)29-22(27)28-3/h4-7,9-10,13,19H,8,11-12,24H2,1-3H3. The Kier molecular flexibility index (Phi) is 6.45. The number of rotatable bonds is 4. The minimum absolute atomic E-state index is 0.130. The molecule has 0 spiro atoms. The Morgan fingerprint density at radius 3 is 2.72 bits per heavy atom. The second kappa shape index (κ2) is 8.84. The van der Waals surface area contributed by atoms with E-state index in [1.165, 1.54) is 13.2 Å². The van der Waals surface area contributed by atoms with E-state index >= 15 is 0 Å². The smallest absolute Gasteiger partial charge is 0.437 e. The van der Waals surface area contributed by atoms with Gasteiger partial charge in [-0.3, -0.25) is 4.79 Å². The van der Waals surface area contributed by atoms with Crippen LogP contribution in [0, 0.1) is 12.8 Å². The van der Waals surface area contributed by atoms with Crippen LogP contribution in [0.15, 0.2) is 36.4 Å². The van der Waals surface area contributed by atoms with Gasteiger partial charge in [-0.05, 0) is 60.6 Å². The van der Waals surface area contributed by atoms with E-state index in [1.54, 1.807) is 11.0 Å². The maximum absolute atomic E-state index is 13.2. The first-order valence-electron chi connectivity index (χ1n) is 9.49. The lowest BCUT2D eigenvalue weighted by Crippen LogP contribution is -2.48. The summed E-state index contributed by atoms with van der Waals surface area (Å²) >= 11 is 6.39. The topological polar surface area (TPSA) is 81.9 Å². The fraction of sp³-hybridized carbons (Fsp3) is 0.364. The highest BCUT2D eigenvalue weighted by molar-refractivity contribution is 6.31. The molecule has 29 heavy (non-hydrogen) atoms. The molecular weight excluding hydrogens is 392 g/mol. The van der Waals surface area contributed by atoms with E-state index in [1.807, 2.05) is 25.1 Å². The first-order valence-corrected chi connectivity index (χ1v) is 9.87. The Morgan fingerprint density at radius 2 is 2.03 bits per heavy atom. The number of carbonyl (C=O) groups excluding carboxylic acids is 2. The molecule has 3 rings (SSSR count). The van der Waals surface area contributed by atoms with E-state index in [0.29, 0.717) is 17.5 Å². The lowest BCUT2D eigenvalue weighted by Gasteiger charge is -2.34. The first-order chi connectivity index (χ1) is 13.8. The van der Waals surface area contributed by atoms with Gasteiger partial charge in [-0.2, -0.15) is 0 Å². The monoisotopic (exact) mass is 416 g/mol. The second-order valence-corrected chi connectivity index (χ2v) is 7.86. The number of benzene rings is 2. The molecule has 1 aliphatic heterocycles. The Labute approximate surface area is 175 Å². The van der Waals surface area contributed by atoms with E-state index in [2.05, 4.69) is 17.7 Å². The zero-order valence-corrected chi connectivity index (χ0v) is 17.5. The van der Waals surface area contributed by atoms with Gasteiger partial charge >= 0.3 is 6.16 Å². The molecule has 0 radical (unpaired) electrons. The number of fused-ring (bicyclic) bond motifs is 1. The summed E-state index contributed by atoms with van der Waals surface area (Å²) in [5, 5.41) is 0.388. The minimum Gasteiger partial charge on any atom is -0.437 e. The highest BCUT2D eigenvalue weighted by atomic mass is 35.5. The Hall–Kier alpha value is -2.57. The van der Waals surface area contributed by atoms with Crippen LogP contribution in [0.2, 0.25) is 5.02 Å². The maximum atomic E-state index is 13.2. The number of anilines is 1. The Balaban J connectivity index is 1.79. The normalized spacial score (nSPS) is 16.7. The minimum atomic E-state index is -0.821. The molecule has 1 heterocycles. The Bertz CT molecular complexity index is 908. The summed E-state index contributed by atoms with van der Waals surface area (Å²) in [7, 11) is 1.23. The number of ether oxygens (including phenoxy) is 2. The highest BCUT2D eigenvalue weighted by Gasteiger charge is 2.30. The second-order valence-electron chi connectivity index (χ2n) is 7.45. The van der Waals surface area contributed by atoms with Gasteiger partial charge in [-0.15, -0.1) is 0 Å². The summed E-state index contributed by atoms with van der Waals surface area (Å²) in [5.74, 6) is 0.511. The van der Waals surface area contributed by atoms with Crippen LogP contribution in [-0.2, 0) is 22.4 Å². The number of hydrogen-bond acceptors (Lipinski definition) is 5. The average Bonchev–Trinajstić information content (AvgIpc) is 2.69. The third-order valence-corrected chi connectivity index (χ3v) is 5.45. The molecule has 2 N–H and O–H groups in total. The molecule has 6 nitrogen and oxygen atoms in total. The molecule has 2 aromatic rings. The fourth-order valence-corrected chi connectivity index (χ4v) is 4.04. The fourth-order valence-electron chi connectivity index (χ4n) is 3.71. The van der Waals surface area contributed by atoms with Crippen molar-refractivity contribution >= 4 is 29.4 Å². The third kappa shape index (κ3) is 4.71. The summed E-state index contributed by atoms with van der Waals surface area (Å²) in [6, 6.07) is 10.4. The molecule has 2 aromatic carbocycles. The summed E-state index contributed by atoms with van der Waals surface area (Å²) in [4.78, 5) is 26.2. The molecule has 0 saturated carbocycles. The lowest BCUT2D eigenvalue weighted by atomic mass is 9.92. The van der Waals surface area contributed by atoms with Crippen LogP contribution in [0.1, 0.15) is 23.6 Å². The predicted molar refractivity (Wildman–Crippen MR) is 113 cm³/mol. The highest BCUT2D eigenvalue weighted by Crippen LogP contribution is 2.31. The number of amides is 1. The zero-order valence-electron chi connectivity index (χ0n) is 16.8. The number of nitrogens with two attached hydrogens (primary N) is 1. The molecule has 7 heteroatoms. The SMILES string of the molecule is COC(=O)Oc1cc(C)c(CC(N)C(=O)N2CC(C)Cc3ccccc32)c(Cl)c1. The van der Waals surface area contributed by atoms with Crippen LogP contribution >= 0.6 is 11.6 Å². The molecule has 1 aliphatic rings. The molecule has 0 aromatic heterocycles. The lowest BCUT2D eigenvalue weighted by molar-refractivity contribution is -0.120. The summed E-state index contributed by atoms with van der Waals surface area (Å²) in [5.41, 5.74) is 9.93. The van der Waals surface area contributed by atoms with Crippen molar-refractivity contribution in [2.24, 2.45) is 11.7 Å². The zero-order chi connectivity index (χ0) is 21.1. The number of methoxy groups -OCH3 is 1. The van der Waals surface area contributed by atoms with Crippen LogP contribution < -0.4 is 15.4 Å². The van der Waals surface area contributed by atoms with Crippen LogP contribution in [-0.4, -0.2) is 31.8 Å². The van der Waals surface area contributed by atoms with Crippen molar-refractivity contribution in [2.45, 2.75) is 32.7 Å². The Morgan fingerprint density at radius 1 is 1.31 bits per heavy atom. The summed E-state index contributed by atoms with van der Waals surface area (Å²) in [6.45, 7) is 4.60. The summed E-state index contributed by atoms with van der Waals surface area (Å²) < 4.78 is 9.52. The van der Waals surface area contributed by atoms with Crippen molar-refractivity contribution in [3.8, 4) is 5.75 Å². The first kappa shape index (κ1) is 21.1. The maximum Gasteiger partial charge on any atom is 0.513 e. The molecule has 1 amide bonds. The van der Waals surface area contributed by atoms with Gasteiger partial charge in [0.15, 0.2) is 0 Å². The van der Waals surface area contributed by atoms with E-state index in [0.717, 1.165) is 28.8 Å². The molecule has 0 aliphatic carbocycles. The van der Waals surface area contributed by atoms with Crippen molar-refractivity contribution in [3.05, 3.63) is 58.1 Å². The summed E-state index contributed by atoms with van der Waals surface area (Å²) in [6.07, 6.45) is 0.412. The van der Waals surface area contributed by atoms with Crippen LogP contribution in [0.3, 0.4) is 0 Å². The van der Waals surface area contributed by atoms with Crippen LogP contribution in [0.4, 0.5) is 10.5 Å². The number of para-hydroxylation sites is 1. The molecule has 2 atom stereocenters. The predicted octanol–water partition coefficient (Wildman–Crippen LogP) is 3.89. The molecule has 2 unspecified atom stereocenters. The quantitative estimate of drug-likeness (QED) is 0.604. The van der Waals surface area contributed by atoms with E-state index in [4.69, 9.17) is 22.1 Å². The van der Waals surface area contributed by atoms with Gasteiger partial charge < -0.3 is 20.1 Å². The molecule has 0 bridgehead atoms. The van der Waals surface area contributed by atoms with Crippen molar-refractivity contribution < 1.29 is 19.1 Å².